The molecule has 2 aromatic rings. The summed E-state index contributed by atoms with van der Waals surface area (Å²) in [6, 6.07) is 9.57. The number of halogens is 1. The molecule has 1 aromatic carbocycles. The molecule has 1 aliphatic carbocycles. The van der Waals surface area contributed by atoms with Crippen molar-refractivity contribution in [3.63, 3.8) is 0 Å². The van der Waals surface area contributed by atoms with Crippen LogP contribution in [0.4, 0.5) is 10.2 Å². The lowest BCUT2D eigenvalue weighted by atomic mass is 9.98. The Hall–Kier alpha value is -2.98. The zero-order valence-electron chi connectivity index (χ0n) is 17.1. The number of piperidine rings is 1. The topological polar surface area (TPSA) is 104 Å². The Morgan fingerprint density at radius 3 is 2.77 bits per heavy atom. The van der Waals surface area contributed by atoms with Crippen molar-refractivity contribution < 1.29 is 9.18 Å². The Morgan fingerprint density at radius 1 is 1.37 bits per heavy atom. The number of hydrogen-bond donors (Lipinski definition) is 3. The predicted octanol–water partition coefficient (Wildman–Crippen LogP) is 2.65. The molecule has 1 aromatic heterocycles. The largest absolute Gasteiger partial charge is 0.384 e. The van der Waals surface area contributed by atoms with E-state index < -0.39 is 11.9 Å². The summed E-state index contributed by atoms with van der Waals surface area (Å²) >= 11 is 0. The lowest BCUT2D eigenvalue weighted by molar-refractivity contribution is -0.124. The van der Waals surface area contributed by atoms with E-state index >= 15 is 0 Å². The van der Waals surface area contributed by atoms with Gasteiger partial charge < -0.3 is 16.4 Å². The number of rotatable bonds is 5. The first kappa shape index (κ1) is 20.3. The highest BCUT2D eigenvalue weighted by molar-refractivity contribution is 5.82. The van der Waals surface area contributed by atoms with Gasteiger partial charge in [-0.05, 0) is 60.4 Å². The van der Waals surface area contributed by atoms with Crippen LogP contribution in [-0.4, -0.2) is 29.0 Å². The minimum absolute atomic E-state index is 0.110. The van der Waals surface area contributed by atoms with Crippen LogP contribution in [0.2, 0.25) is 0 Å². The summed E-state index contributed by atoms with van der Waals surface area (Å²) in [5.41, 5.74) is 7.41. The molecule has 1 amide bonds. The Morgan fingerprint density at radius 2 is 2.13 bits per heavy atom. The van der Waals surface area contributed by atoms with E-state index in [9.17, 15) is 14.4 Å². The van der Waals surface area contributed by atoms with E-state index in [1.165, 1.54) is 6.07 Å². The van der Waals surface area contributed by atoms with Gasteiger partial charge in [0.15, 0.2) is 0 Å². The number of nitrogens with two attached hydrogens (primary N) is 1. The molecule has 1 saturated carbocycles. The molecule has 1 aliphatic heterocycles. The first-order chi connectivity index (χ1) is 14.4. The third-order valence-corrected chi connectivity index (χ3v) is 6.57. The Bertz CT molecular complexity index is 978. The summed E-state index contributed by atoms with van der Waals surface area (Å²) in [5.74, 6) is 1.65. The first-order valence-corrected chi connectivity index (χ1v) is 10.3. The van der Waals surface area contributed by atoms with Gasteiger partial charge in [-0.1, -0.05) is 19.1 Å². The third kappa shape index (κ3) is 4.01. The molecule has 1 saturated heterocycles. The third-order valence-electron chi connectivity index (χ3n) is 6.57. The number of carbonyl (C=O) groups excluding carboxylic acids is 1. The summed E-state index contributed by atoms with van der Waals surface area (Å²) in [7, 11) is 0. The van der Waals surface area contributed by atoms with Crippen LogP contribution in [0.15, 0.2) is 36.5 Å². The standard InChI is InChI=1S/C23H26FN5O/c1-12-18-9-20(28-13(2)22(12)18)23(30)29-17(10-25)7-15-4-3-14(8-19(15)24)16-5-6-21(26)27-11-16/h3-6,8,11-13,17-18,20,22,28H,7,9H2,1-2H3,(H2,26,27)(H,29,30). The highest BCUT2D eigenvalue weighted by atomic mass is 19.1. The average Bonchev–Trinajstić information content (AvgIpc) is 3.39. The van der Waals surface area contributed by atoms with Gasteiger partial charge in [-0.3, -0.25) is 4.79 Å². The van der Waals surface area contributed by atoms with Gasteiger partial charge in [-0.15, -0.1) is 0 Å². The van der Waals surface area contributed by atoms with Crippen molar-refractivity contribution in [1.29, 1.82) is 5.26 Å². The molecule has 2 heterocycles. The first-order valence-electron chi connectivity index (χ1n) is 10.3. The van der Waals surface area contributed by atoms with Gasteiger partial charge in [-0.2, -0.15) is 5.26 Å². The maximum Gasteiger partial charge on any atom is 0.238 e. The number of amides is 1. The molecular weight excluding hydrogens is 381 g/mol. The molecule has 0 radical (unpaired) electrons. The fraction of sp³-hybridized carbons (Fsp3) is 0.435. The fourth-order valence-corrected chi connectivity index (χ4v) is 4.82. The van der Waals surface area contributed by atoms with Crippen LogP contribution >= 0.6 is 0 Å². The van der Waals surface area contributed by atoms with Crippen molar-refractivity contribution in [3.8, 4) is 17.2 Å². The van der Waals surface area contributed by atoms with Gasteiger partial charge in [0.25, 0.3) is 0 Å². The van der Waals surface area contributed by atoms with Crippen molar-refractivity contribution >= 4 is 11.7 Å². The van der Waals surface area contributed by atoms with E-state index in [2.05, 4.69) is 35.5 Å². The van der Waals surface area contributed by atoms with E-state index in [0.717, 1.165) is 12.0 Å². The zero-order chi connectivity index (χ0) is 21.4. The van der Waals surface area contributed by atoms with Crippen LogP contribution in [-0.2, 0) is 11.2 Å². The number of pyridine rings is 1. The summed E-state index contributed by atoms with van der Waals surface area (Å²) in [5, 5.41) is 15.7. The van der Waals surface area contributed by atoms with E-state index in [1.54, 1.807) is 30.5 Å². The molecule has 6 nitrogen and oxygen atoms in total. The minimum Gasteiger partial charge on any atom is -0.384 e. The van der Waals surface area contributed by atoms with Gasteiger partial charge >= 0.3 is 0 Å². The Labute approximate surface area is 175 Å². The SMILES string of the molecule is CC1NC(C(=O)NC(C#N)Cc2ccc(-c3ccc(N)nc3)cc2F)CC2C(C)C12. The molecule has 4 N–H and O–H groups in total. The Kier molecular flexibility index (Phi) is 5.44. The Balaban J connectivity index is 1.40. The number of nitriles is 1. The molecule has 2 fully saturated rings. The number of fused-ring (bicyclic) bond motifs is 1. The van der Waals surface area contributed by atoms with Gasteiger partial charge in [0.2, 0.25) is 5.91 Å². The van der Waals surface area contributed by atoms with Crippen LogP contribution in [0.25, 0.3) is 11.1 Å². The molecule has 6 unspecified atom stereocenters. The maximum atomic E-state index is 14.7. The maximum absolute atomic E-state index is 14.7. The fourth-order valence-electron chi connectivity index (χ4n) is 4.82. The average molecular weight is 407 g/mol. The van der Waals surface area contributed by atoms with Crippen LogP contribution in [0, 0.1) is 34.9 Å². The molecule has 4 rings (SSSR count). The second kappa shape index (κ2) is 8.04. The lowest BCUT2D eigenvalue weighted by Crippen LogP contribution is -2.53. The molecular formula is C23H26FN5O. The van der Waals surface area contributed by atoms with Crippen molar-refractivity contribution in [2.45, 2.75) is 44.8 Å². The summed E-state index contributed by atoms with van der Waals surface area (Å²) in [4.78, 5) is 16.7. The van der Waals surface area contributed by atoms with E-state index in [4.69, 9.17) is 5.73 Å². The molecule has 156 valence electrons. The molecule has 30 heavy (non-hydrogen) atoms. The predicted molar refractivity (Wildman–Crippen MR) is 112 cm³/mol. The number of anilines is 1. The van der Waals surface area contributed by atoms with Crippen molar-refractivity contribution in [3.05, 3.63) is 47.9 Å². The summed E-state index contributed by atoms with van der Waals surface area (Å²) in [6.45, 7) is 4.33. The quantitative estimate of drug-likeness (QED) is 0.707. The second-order valence-corrected chi connectivity index (χ2v) is 8.52. The molecule has 6 atom stereocenters. The van der Waals surface area contributed by atoms with Crippen LogP contribution in [0.3, 0.4) is 0 Å². The molecule has 2 aliphatic rings. The van der Waals surface area contributed by atoms with Crippen molar-refractivity contribution in [2.75, 3.05) is 5.73 Å². The summed E-state index contributed by atoms with van der Waals surface area (Å²) < 4.78 is 14.7. The van der Waals surface area contributed by atoms with Crippen LogP contribution in [0.5, 0.6) is 0 Å². The number of carbonyl (C=O) groups is 1. The van der Waals surface area contributed by atoms with Gasteiger partial charge in [0.05, 0.1) is 12.1 Å². The van der Waals surface area contributed by atoms with Crippen molar-refractivity contribution in [2.24, 2.45) is 17.8 Å². The number of benzene rings is 1. The minimum atomic E-state index is -0.789. The number of nitrogen functional groups attached to an aromatic ring is 1. The lowest BCUT2D eigenvalue weighted by Gasteiger charge is -2.28. The van der Waals surface area contributed by atoms with Gasteiger partial charge in [0, 0.05) is 24.2 Å². The van der Waals surface area contributed by atoms with Crippen LogP contribution in [0.1, 0.15) is 25.8 Å². The second-order valence-electron chi connectivity index (χ2n) is 8.52. The van der Waals surface area contributed by atoms with Gasteiger partial charge in [-0.25, -0.2) is 9.37 Å². The molecule has 0 bridgehead atoms. The molecule has 0 spiro atoms. The van der Waals surface area contributed by atoms with Gasteiger partial charge in [0.1, 0.15) is 17.7 Å². The smallest absolute Gasteiger partial charge is 0.238 e. The highest BCUT2D eigenvalue weighted by Crippen LogP contribution is 2.53. The highest BCUT2D eigenvalue weighted by Gasteiger charge is 2.54. The normalized spacial score (nSPS) is 28.1. The van der Waals surface area contributed by atoms with E-state index in [1.807, 2.05) is 0 Å². The van der Waals surface area contributed by atoms with Crippen molar-refractivity contribution in [1.82, 2.24) is 15.6 Å². The number of nitrogens with one attached hydrogen (secondary N) is 2. The summed E-state index contributed by atoms with van der Waals surface area (Å²) in [6.07, 6.45) is 2.49. The molecule has 7 heteroatoms. The number of nitrogens with zero attached hydrogens (tertiary/aromatic N) is 2. The number of hydrogen-bond acceptors (Lipinski definition) is 5. The van der Waals surface area contributed by atoms with Crippen LogP contribution < -0.4 is 16.4 Å². The zero-order valence-corrected chi connectivity index (χ0v) is 17.1. The monoisotopic (exact) mass is 407 g/mol. The van der Waals surface area contributed by atoms with E-state index in [-0.39, 0.29) is 18.4 Å². The van der Waals surface area contributed by atoms with E-state index in [0.29, 0.717) is 40.7 Å². The number of aromatic nitrogens is 1.